The van der Waals surface area contributed by atoms with Gasteiger partial charge in [0.1, 0.15) is 22.3 Å². The fourth-order valence-corrected chi connectivity index (χ4v) is 7.08. The van der Waals surface area contributed by atoms with Crippen molar-refractivity contribution in [3.8, 4) is 22.7 Å². The second-order valence-corrected chi connectivity index (χ2v) is 12.1. The second-order valence-electron chi connectivity index (χ2n) is 10.2. The number of pyridine rings is 1. The highest BCUT2D eigenvalue weighted by atomic mass is 32.2. The van der Waals surface area contributed by atoms with Crippen LogP contribution < -0.4 is 4.74 Å². The number of fused-ring (bicyclic) bond motifs is 1. The molecule has 1 fully saturated rings. The summed E-state index contributed by atoms with van der Waals surface area (Å²) in [5.74, 6) is -1.15. The molecule has 0 bridgehead atoms. The molecule has 220 valence electrons. The Bertz CT molecular complexity index is 1950. The summed E-state index contributed by atoms with van der Waals surface area (Å²) in [6.07, 6.45) is 1.56. The summed E-state index contributed by atoms with van der Waals surface area (Å²) in [6.45, 7) is 2.26. The predicted molar refractivity (Wildman–Crippen MR) is 159 cm³/mol. The van der Waals surface area contributed by atoms with Gasteiger partial charge >= 0.3 is 0 Å². The molecule has 0 saturated carbocycles. The number of ether oxygens (including phenoxy) is 1. The number of carbonyl (C=O) groups is 1. The number of methoxy groups -OCH3 is 1. The number of benzene rings is 3. The van der Waals surface area contributed by atoms with E-state index in [0.717, 1.165) is 11.5 Å². The van der Waals surface area contributed by atoms with Crippen molar-refractivity contribution in [2.45, 2.75) is 11.8 Å². The molecule has 0 radical (unpaired) electrons. The zero-order valence-electron chi connectivity index (χ0n) is 23.5. The highest BCUT2D eigenvalue weighted by Gasteiger charge is 2.33. The normalized spacial score (nSPS) is 14.3. The lowest BCUT2D eigenvalue weighted by molar-refractivity contribution is 0.0697. The summed E-state index contributed by atoms with van der Waals surface area (Å²) in [5, 5.41) is 0.725. The molecule has 1 aliphatic rings. The van der Waals surface area contributed by atoms with E-state index in [1.165, 1.54) is 16.4 Å². The standard InChI is InChI=1S/C32H28F2N4O4S/c1-21-26(20-29(22-8-11-25(42-2)12-9-22)38(21)28-13-10-24(33)19-27(28)34)32(39)36-15-17-37(18-16-36)43(40,41)30-7-3-5-23-6-4-14-35-31(23)30/h3-14,19-20H,15-18H2,1-2H3. The molecule has 2 aromatic heterocycles. The molecule has 0 N–H and O–H groups in total. The van der Waals surface area contributed by atoms with Crippen LogP contribution in [-0.4, -0.2) is 66.4 Å². The first kappa shape index (κ1) is 28.5. The van der Waals surface area contributed by atoms with Gasteiger partial charge in [0.25, 0.3) is 5.91 Å². The van der Waals surface area contributed by atoms with E-state index in [0.29, 0.717) is 33.8 Å². The van der Waals surface area contributed by atoms with Gasteiger partial charge in [0, 0.05) is 49.5 Å². The molecule has 0 aliphatic carbocycles. The van der Waals surface area contributed by atoms with E-state index >= 15 is 4.39 Å². The van der Waals surface area contributed by atoms with Crippen LogP contribution in [0.15, 0.2) is 90.0 Å². The number of hydrogen-bond donors (Lipinski definition) is 0. The number of amides is 1. The Balaban J connectivity index is 1.30. The lowest BCUT2D eigenvalue weighted by atomic mass is 10.1. The summed E-state index contributed by atoms with van der Waals surface area (Å²) >= 11 is 0. The Kier molecular flexibility index (Phi) is 7.45. The molecule has 11 heteroatoms. The van der Waals surface area contributed by atoms with Gasteiger partial charge < -0.3 is 14.2 Å². The number of aromatic nitrogens is 2. The van der Waals surface area contributed by atoms with Crippen LogP contribution in [0.1, 0.15) is 16.1 Å². The molecule has 3 aromatic carbocycles. The van der Waals surface area contributed by atoms with Crippen molar-refractivity contribution >= 4 is 26.8 Å². The molecule has 43 heavy (non-hydrogen) atoms. The van der Waals surface area contributed by atoms with Crippen molar-refractivity contribution in [3.05, 3.63) is 108 Å². The fraction of sp³-hybridized carbons (Fsp3) is 0.188. The summed E-state index contributed by atoms with van der Waals surface area (Å²) < 4.78 is 64.2. The molecule has 1 saturated heterocycles. The maximum atomic E-state index is 15.0. The lowest BCUT2D eigenvalue weighted by Gasteiger charge is -2.34. The number of carbonyl (C=O) groups excluding carboxylic acids is 1. The molecule has 5 aromatic rings. The Hall–Kier alpha value is -4.61. The van der Waals surface area contributed by atoms with Crippen molar-refractivity contribution in [1.29, 1.82) is 0 Å². The van der Waals surface area contributed by atoms with Crippen molar-refractivity contribution in [2.75, 3.05) is 33.3 Å². The largest absolute Gasteiger partial charge is 0.497 e. The van der Waals surface area contributed by atoms with Crippen LogP contribution in [-0.2, 0) is 10.0 Å². The second kappa shape index (κ2) is 11.2. The minimum Gasteiger partial charge on any atom is -0.497 e. The van der Waals surface area contributed by atoms with E-state index in [1.807, 2.05) is 12.1 Å². The van der Waals surface area contributed by atoms with Gasteiger partial charge in [0.05, 0.1) is 29.6 Å². The minimum atomic E-state index is -3.85. The molecule has 0 unspecified atom stereocenters. The zero-order valence-corrected chi connectivity index (χ0v) is 24.3. The lowest BCUT2D eigenvalue weighted by Crippen LogP contribution is -2.50. The Morgan fingerprint density at radius 2 is 1.63 bits per heavy atom. The van der Waals surface area contributed by atoms with Crippen LogP contribution in [0.5, 0.6) is 5.75 Å². The molecule has 0 spiro atoms. The van der Waals surface area contributed by atoms with Crippen LogP contribution in [0.25, 0.3) is 27.8 Å². The van der Waals surface area contributed by atoms with Crippen LogP contribution in [0.3, 0.4) is 0 Å². The summed E-state index contributed by atoms with van der Waals surface area (Å²) in [7, 11) is -2.30. The maximum absolute atomic E-state index is 15.0. The monoisotopic (exact) mass is 602 g/mol. The molecule has 6 rings (SSSR count). The third kappa shape index (κ3) is 5.15. The Morgan fingerprint density at radius 1 is 0.907 bits per heavy atom. The molecule has 0 atom stereocenters. The third-order valence-corrected chi connectivity index (χ3v) is 9.68. The van der Waals surface area contributed by atoms with Gasteiger partial charge in [-0.3, -0.25) is 9.78 Å². The average molecular weight is 603 g/mol. The van der Waals surface area contributed by atoms with Gasteiger partial charge in [-0.15, -0.1) is 0 Å². The minimum absolute atomic E-state index is 0.100. The van der Waals surface area contributed by atoms with Crippen LogP contribution in [0.4, 0.5) is 8.78 Å². The molecule has 1 aliphatic heterocycles. The fourth-order valence-electron chi connectivity index (χ4n) is 5.50. The smallest absolute Gasteiger partial charge is 0.255 e. The van der Waals surface area contributed by atoms with Crippen molar-refractivity contribution in [1.82, 2.24) is 18.8 Å². The number of piperazine rings is 1. The first-order valence-electron chi connectivity index (χ1n) is 13.6. The molecule has 3 heterocycles. The Labute approximate surface area is 247 Å². The van der Waals surface area contributed by atoms with Gasteiger partial charge in [-0.05, 0) is 67.1 Å². The number of hydrogen-bond acceptors (Lipinski definition) is 5. The van der Waals surface area contributed by atoms with E-state index in [1.54, 1.807) is 78.2 Å². The summed E-state index contributed by atoms with van der Waals surface area (Å²) in [6, 6.07) is 20.7. The molecular weight excluding hydrogens is 574 g/mol. The first-order chi connectivity index (χ1) is 20.7. The number of halogens is 2. The number of nitrogens with zero attached hydrogens (tertiary/aromatic N) is 4. The third-order valence-electron chi connectivity index (χ3n) is 7.75. The van der Waals surface area contributed by atoms with E-state index < -0.39 is 21.7 Å². The predicted octanol–water partition coefficient (Wildman–Crippen LogP) is 5.43. The number of sulfonamides is 1. The number of para-hydroxylation sites is 1. The van der Waals surface area contributed by atoms with Crippen molar-refractivity contribution < 1.29 is 26.7 Å². The SMILES string of the molecule is COc1ccc(-c2cc(C(=O)N3CCN(S(=O)(=O)c4cccc5cccnc45)CC3)c(C)n2-c2ccc(F)cc2F)cc1. The van der Waals surface area contributed by atoms with Crippen molar-refractivity contribution in [2.24, 2.45) is 0 Å². The van der Waals surface area contributed by atoms with Gasteiger partial charge in [0.15, 0.2) is 0 Å². The molecule has 1 amide bonds. The van der Waals surface area contributed by atoms with E-state index in [4.69, 9.17) is 4.74 Å². The maximum Gasteiger partial charge on any atom is 0.255 e. The average Bonchev–Trinajstić information content (AvgIpc) is 3.37. The van der Waals surface area contributed by atoms with Crippen LogP contribution >= 0.6 is 0 Å². The first-order valence-corrected chi connectivity index (χ1v) is 15.1. The van der Waals surface area contributed by atoms with Crippen LogP contribution in [0, 0.1) is 18.6 Å². The molecule has 8 nitrogen and oxygen atoms in total. The Morgan fingerprint density at radius 3 is 2.33 bits per heavy atom. The highest BCUT2D eigenvalue weighted by Crippen LogP contribution is 2.33. The van der Waals surface area contributed by atoms with Gasteiger partial charge in [-0.2, -0.15) is 4.31 Å². The van der Waals surface area contributed by atoms with E-state index in [-0.39, 0.29) is 42.7 Å². The van der Waals surface area contributed by atoms with Crippen molar-refractivity contribution in [3.63, 3.8) is 0 Å². The van der Waals surface area contributed by atoms with Gasteiger partial charge in [-0.1, -0.05) is 18.2 Å². The highest BCUT2D eigenvalue weighted by molar-refractivity contribution is 7.89. The zero-order chi connectivity index (χ0) is 30.3. The van der Waals surface area contributed by atoms with Gasteiger partial charge in [-0.25, -0.2) is 17.2 Å². The summed E-state index contributed by atoms with van der Waals surface area (Å²) in [5.41, 5.74) is 2.55. The topological polar surface area (TPSA) is 84.7 Å². The number of rotatable bonds is 6. The van der Waals surface area contributed by atoms with E-state index in [2.05, 4.69) is 4.98 Å². The molecular formula is C32H28F2N4O4S. The summed E-state index contributed by atoms with van der Waals surface area (Å²) in [4.78, 5) is 19.9. The quantitative estimate of drug-likeness (QED) is 0.259. The van der Waals surface area contributed by atoms with Gasteiger partial charge in [0.2, 0.25) is 10.0 Å². The van der Waals surface area contributed by atoms with Crippen LogP contribution in [0.2, 0.25) is 0 Å². The van der Waals surface area contributed by atoms with E-state index in [9.17, 15) is 17.6 Å².